The first kappa shape index (κ1) is 12.0. The van der Waals surface area contributed by atoms with Gasteiger partial charge in [-0.3, -0.25) is 0 Å². The van der Waals surface area contributed by atoms with Crippen LogP contribution in [0.3, 0.4) is 0 Å². The van der Waals surface area contributed by atoms with Gasteiger partial charge < -0.3 is 4.90 Å². The van der Waals surface area contributed by atoms with Gasteiger partial charge in [0, 0.05) is 18.8 Å². The molecule has 0 radical (unpaired) electrons. The minimum Gasteiger partial charge on any atom is -0.372 e. The molecule has 1 aliphatic heterocycles. The third kappa shape index (κ3) is 3.54. The number of benzene rings is 1. The van der Waals surface area contributed by atoms with Gasteiger partial charge in [-0.2, -0.15) is 0 Å². The Morgan fingerprint density at radius 2 is 1.47 bits per heavy atom. The molecule has 1 fully saturated rings. The van der Waals surface area contributed by atoms with E-state index in [0.29, 0.717) is 0 Å². The van der Waals surface area contributed by atoms with E-state index in [1.54, 1.807) is 0 Å². The zero-order chi connectivity index (χ0) is 11.1. The van der Waals surface area contributed by atoms with Crippen molar-refractivity contribution in [2.24, 2.45) is 0 Å². The molecule has 2 rings (SSSR count). The highest BCUT2D eigenvalue weighted by molar-refractivity contribution is 5.46. The predicted octanol–water partition coefficient (Wildman–Crippen LogP) is 3.84. The molecule has 0 amide bonds. The van der Waals surface area contributed by atoms with Crippen LogP contribution in [-0.2, 0) is 0 Å². The Hall–Kier alpha value is -1.05. The number of halogens is 1. The Balaban J connectivity index is 0.000000531. The van der Waals surface area contributed by atoms with Gasteiger partial charge >= 0.3 is 0 Å². The number of hydrogen-bond donors (Lipinski definition) is 0. The maximum absolute atomic E-state index is 12.6. The van der Waals surface area contributed by atoms with Crippen molar-refractivity contribution in [3.8, 4) is 0 Å². The molecule has 0 N–H and O–H groups in total. The molecule has 15 heavy (non-hydrogen) atoms. The average Bonchev–Trinajstić information content (AvgIpc) is 2.34. The molecule has 0 bridgehead atoms. The van der Waals surface area contributed by atoms with Crippen molar-refractivity contribution in [2.45, 2.75) is 33.1 Å². The molecule has 84 valence electrons. The molecule has 0 atom stereocenters. The molecule has 0 saturated carbocycles. The summed E-state index contributed by atoms with van der Waals surface area (Å²) in [5, 5.41) is 0. The van der Waals surface area contributed by atoms with Gasteiger partial charge in [0.15, 0.2) is 0 Å². The van der Waals surface area contributed by atoms with Crippen molar-refractivity contribution >= 4 is 5.69 Å². The Labute approximate surface area is 91.9 Å². The Morgan fingerprint density at radius 3 is 2.00 bits per heavy atom. The fraction of sp³-hybridized carbons (Fsp3) is 0.538. The van der Waals surface area contributed by atoms with Gasteiger partial charge in [0.2, 0.25) is 0 Å². The second-order valence-corrected chi connectivity index (χ2v) is 3.52. The second kappa shape index (κ2) is 6.44. The van der Waals surface area contributed by atoms with Gasteiger partial charge in [-0.15, -0.1) is 0 Å². The lowest BCUT2D eigenvalue weighted by Crippen LogP contribution is -2.29. The van der Waals surface area contributed by atoms with Crippen LogP contribution >= 0.6 is 0 Å². The van der Waals surface area contributed by atoms with Crippen molar-refractivity contribution < 1.29 is 4.39 Å². The van der Waals surface area contributed by atoms with Crippen LogP contribution in [0.2, 0.25) is 0 Å². The molecular weight excluding hydrogens is 189 g/mol. The molecule has 1 saturated heterocycles. The van der Waals surface area contributed by atoms with E-state index in [2.05, 4.69) is 4.90 Å². The Morgan fingerprint density at radius 1 is 0.933 bits per heavy atom. The van der Waals surface area contributed by atoms with Crippen LogP contribution < -0.4 is 4.90 Å². The highest BCUT2D eigenvalue weighted by atomic mass is 19.1. The van der Waals surface area contributed by atoms with E-state index in [1.807, 2.05) is 26.0 Å². The van der Waals surface area contributed by atoms with E-state index in [0.717, 1.165) is 18.8 Å². The zero-order valence-corrected chi connectivity index (χ0v) is 9.67. The molecule has 1 aromatic carbocycles. The Kier molecular flexibility index (Phi) is 5.16. The molecule has 1 nitrogen and oxygen atoms in total. The summed E-state index contributed by atoms with van der Waals surface area (Å²) in [4.78, 5) is 2.32. The summed E-state index contributed by atoms with van der Waals surface area (Å²) in [6.07, 6.45) is 3.85. The normalized spacial score (nSPS) is 15.5. The molecule has 0 aromatic heterocycles. The predicted molar refractivity (Wildman–Crippen MR) is 63.8 cm³/mol. The lowest BCUT2D eigenvalue weighted by atomic mass is 10.1. The number of rotatable bonds is 1. The SMILES string of the molecule is CC.Fc1ccc(N2CCCCC2)cc1. The molecule has 1 aromatic rings. The summed E-state index contributed by atoms with van der Waals surface area (Å²) < 4.78 is 12.6. The second-order valence-electron chi connectivity index (χ2n) is 3.52. The minimum atomic E-state index is -0.152. The van der Waals surface area contributed by atoms with Crippen molar-refractivity contribution in [1.29, 1.82) is 0 Å². The topological polar surface area (TPSA) is 3.24 Å². The fourth-order valence-corrected chi connectivity index (χ4v) is 1.80. The summed E-state index contributed by atoms with van der Waals surface area (Å²) in [7, 11) is 0. The zero-order valence-electron chi connectivity index (χ0n) is 9.67. The maximum Gasteiger partial charge on any atom is 0.123 e. The lowest BCUT2D eigenvalue weighted by Gasteiger charge is -2.28. The van der Waals surface area contributed by atoms with Gasteiger partial charge in [-0.1, -0.05) is 13.8 Å². The van der Waals surface area contributed by atoms with Crippen LogP contribution in [0.4, 0.5) is 10.1 Å². The smallest absolute Gasteiger partial charge is 0.123 e. The van der Waals surface area contributed by atoms with E-state index < -0.39 is 0 Å². The molecule has 0 aliphatic carbocycles. The first-order valence-electron chi connectivity index (χ1n) is 5.87. The van der Waals surface area contributed by atoms with E-state index in [1.165, 1.54) is 31.4 Å². The van der Waals surface area contributed by atoms with Gasteiger partial charge in [0.25, 0.3) is 0 Å². The maximum atomic E-state index is 12.6. The highest BCUT2D eigenvalue weighted by Gasteiger charge is 2.09. The monoisotopic (exact) mass is 209 g/mol. The summed E-state index contributed by atoms with van der Waals surface area (Å²) >= 11 is 0. The standard InChI is InChI=1S/C11H14FN.C2H6/c12-10-4-6-11(7-5-10)13-8-2-1-3-9-13;1-2/h4-7H,1-3,8-9H2;1-2H3. The number of piperidine rings is 1. The number of anilines is 1. The van der Waals surface area contributed by atoms with E-state index in [-0.39, 0.29) is 5.82 Å². The lowest BCUT2D eigenvalue weighted by molar-refractivity contribution is 0.576. The molecule has 0 unspecified atom stereocenters. The Bertz CT molecular complexity index is 262. The van der Waals surface area contributed by atoms with Crippen molar-refractivity contribution in [1.82, 2.24) is 0 Å². The summed E-state index contributed by atoms with van der Waals surface area (Å²) in [6, 6.07) is 6.79. The number of hydrogen-bond acceptors (Lipinski definition) is 1. The highest BCUT2D eigenvalue weighted by Crippen LogP contribution is 2.19. The van der Waals surface area contributed by atoms with Gasteiger partial charge in [0.05, 0.1) is 0 Å². The molecule has 2 heteroatoms. The molecule has 1 aliphatic rings. The van der Waals surface area contributed by atoms with Crippen LogP contribution in [0.25, 0.3) is 0 Å². The third-order valence-corrected chi connectivity index (χ3v) is 2.55. The molecule has 0 spiro atoms. The summed E-state index contributed by atoms with van der Waals surface area (Å²) in [5.41, 5.74) is 1.15. The van der Waals surface area contributed by atoms with Gasteiger partial charge in [-0.25, -0.2) is 4.39 Å². The van der Waals surface area contributed by atoms with Crippen LogP contribution in [0.1, 0.15) is 33.1 Å². The van der Waals surface area contributed by atoms with E-state index in [9.17, 15) is 4.39 Å². The van der Waals surface area contributed by atoms with Crippen LogP contribution in [-0.4, -0.2) is 13.1 Å². The number of nitrogens with zero attached hydrogens (tertiary/aromatic N) is 1. The molecular formula is C13H20FN. The summed E-state index contributed by atoms with van der Waals surface area (Å²) in [6.45, 7) is 6.23. The first-order valence-corrected chi connectivity index (χ1v) is 5.87. The molecule has 1 heterocycles. The van der Waals surface area contributed by atoms with Crippen LogP contribution in [0.5, 0.6) is 0 Å². The first-order chi connectivity index (χ1) is 7.36. The van der Waals surface area contributed by atoms with Crippen LogP contribution in [0, 0.1) is 5.82 Å². The van der Waals surface area contributed by atoms with Crippen molar-refractivity contribution in [3.05, 3.63) is 30.1 Å². The summed E-state index contributed by atoms with van der Waals surface area (Å²) in [5.74, 6) is -0.152. The average molecular weight is 209 g/mol. The van der Waals surface area contributed by atoms with Gasteiger partial charge in [-0.05, 0) is 43.5 Å². The third-order valence-electron chi connectivity index (χ3n) is 2.55. The van der Waals surface area contributed by atoms with Gasteiger partial charge in [0.1, 0.15) is 5.82 Å². The fourth-order valence-electron chi connectivity index (χ4n) is 1.80. The van der Waals surface area contributed by atoms with Crippen LogP contribution in [0.15, 0.2) is 24.3 Å². The largest absolute Gasteiger partial charge is 0.372 e. The van der Waals surface area contributed by atoms with E-state index >= 15 is 0 Å². The van der Waals surface area contributed by atoms with Crippen molar-refractivity contribution in [2.75, 3.05) is 18.0 Å². The van der Waals surface area contributed by atoms with E-state index in [4.69, 9.17) is 0 Å². The van der Waals surface area contributed by atoms with Crippen molar-refractivity contribution in [3.63, 3.8) is 0 Å². The quantitative estimate of drug-likeness (QED) is 0.679. The minimum absolute atomic E-state index is 0.152.